The SMILES string of the molecule is CCOC(=O)c1nc(-c2cccc(O)c2)nc(NC2CCCC2)c1N. The topological polar surface area (TPSA) is 110 Å². The Labute approximate surface area is 146 Å². The van der Waals surface area contributed by atoms with Crippen LogP contribution in [-0.4, -0.2) is 33.7 Å². The molecule has 1 heterocycles. The molecular formula is C18H22N4O3. The molecule has 4 N–H and O–H groups in total. The number of nitrogens with two attached hydrogens (primary N) is 1. The minimum atomic E-state index is -0.585. The van der Waals surface area contributed by atoms with Gasteiger partial charge in [0.25, 0.3) is 0 Å². The Hall–Kier alpha value is -2.83. The first kappa shape index (κ1) is 17.0. The third-order valence-corrected chi connectivity index (χ3v) is 4.21. The van der Waals surface area contributed by atoms with Crippen molar-refractivity contribution in [2.24, 2.45) is 0 Å². The van der Waals surface area contributed by atoms with Crippen molar-refractivity contribution in [3.63, 3.8) is 0 Å². The van der Waals surface area contributed by atoms with Crippen LogP contribution in [0, 0.1) is 0 Å². The number of phenolic OH excluding ortho intramolecular Hbond substituents is 1. The first-order valence-corrected chi connectivity index (χ1v) is 8.49. The summed E-state index contributed by atoms with van der Waals surface area (Å²) in [6.45, 7) is 1.96. The lowest BCUT2D eigenvalue weighted by molar-refractivity contribution is 0.0521. The van der Waals surface area contributed by atoms with Gasteiger partial charge in [0.2, 0.25) is 0 Å². The quantitative estimate of drug-likeness (QED) is 0.716. The van der Waals surface area contributed by atoms with Gasteiger partial charge in [-0.25, -0.2) is 14.8 Å². The van der Waals surface area contributed by atoms with E-state index < -0.39 is 5.97 Å². The van der Waals surface area contributed by atoms with Crippen molar-refractivity contribution >= 4 is 17.5 Å². The van der Waals surface area contributed by atoms with Crippen molar-refractivity contribution < 1.29 is 14.6 Å². The van der Waals surface area contributed by atoms with Gasteiger partial charge in [-0.1, -0.05) is 25.0 Å². The Morgan fingerprint density at radius 3 is 2.80 bits per heavy atom. The lowest BCUT2D eigenvalue weighted by Gasteiger charge is -2.17. The van der Waals surface area contributed by atoms with E-state index in [9.17, 15) is 9.90 Å². The molecule has 0 atom stereocenters. The van der Waals surface area contributed by atoms with E-state index >= 15 is 0 Å². The number of nitrogen functional groups attached to an aromatic ring is 1. The van der Waals surface area contributed by atoms with Gasteiger partial charge in [0.05, 0.1) is 6.61 Å². The summed E-state index contributed by atoms with van der Waals surface area (Å²) in [4.78, 5) is 21.0. The summed E-state index contributed by atoms with van der Waals surface area (Å²) in [5.41, 5.74) is 6.96. The van der Waals surface area contributed by atoms with Crippen molar-refractivity contribution in [1.82, 2.24) is 9.97 Å². The highest BCUT2D eigenvalue weighted by Crippen LogP contribution is 2.29. The predicted octanol–water partition coefficient (Wildman–Crippen LogP) is 2.96. The molecule has 0 radical (unpaired) electrons. The molecule has 0 amide bonds. The molecule has 3 rings (SSSR count). The number of nitrogens with zero attached hydrogens (tertiary/aromatic N) is 2. The van der Waals surface area contributed by atoms with Gasteiger partial charge < -0.3 is 20.9 Å². The number of carbonyl (C=O) groups is 1. The summed E-state index contributed by atoms with van der Waals surface area (Å²) >= 11 is 0. The molecule has 132 valence electrons. The third-order valence-electron chi connectivity index (χ3n) is 4.21. The molecule has 1 aromatic carbocycles. The molecule has 0 unspecified atom stereocenters. The number of carbonyl (C=O) groups excluding carboxylic acids is 1. The zero-order valence-corrected chi connectivity index (χ0v) is 14.2. The smallest absolute Gasteiger partial charge is 0.359 e. The molecule has 0 spiro atoms. The van der Waals surface area contributed by atoms with E-state index in [0.717, 1.165) is 25.7 Å². The summed E-state index contributed by atoms with van der Waals surface area (Å²) in [5, 5.41) is 13.0. The summed E-state index contributed by atoms with van der Waals surface area (Å²) in [7, 11) is 0. The van der Waals surface area contributed by atoms with Crippen molar-refractivity contribution in [3.8, 4) is 17.1 Å². The number of rotatable bonds is 5. The number of ether oxygens (including phenoxy) is 1. The van der Waals surface area contributed by atoms with Crippen LogP contribution in [0.1, 0.15) is 43.1 Å². The molecule has 7 heteroatoms. The van der Waals surface area contributed by atoms with Gasteiger partial charge in [0.15, 0.2) is 17.3 Å². The van der Waals surface area contributed by atoms with Crippen LogP contribution >= 0.6 is 0 Å². The Bertz CT molecular complexity index is 773. The fourth-order valence-electron chi connectivity index (χ4n) is 2.97. The molecule has 1 fully saturated rings. The second-order valence-electron chi connectivity index (χ2n) is 6.05. The van der Waals surface area contributed by atoms with E-state index in [1.165, 1.54) is 0 Å². The van der Waals surface area contributed by atoms with Gasteiger partial charge in [0, 0.05) is 11.6 Å². The molecule has 0 aliphatic heterocycles. The summed E-state index contributed by atoms with van der Waals surface area (Å²) in [5.74, 6) is 0.260. The van der Waals surface area contributed by atoms with E-state index in [4.69, 9.17) is 10.5 Å². The van der Waals surface area contributed by atoms with Crippen molar-refractivity contribution in [3.05, 3.63) is 30.0 Å². The van der Waals surface area contributed by atoms with E-state index in [1.54, 1.807) is 31.2 Å². The lowest BCUT2D eigenvalue weighted by Crippen LogP contribution is -2.20. The average molecular weight is 342 g/mol. The van der Waals surface area contributed by atoms with Gasteiger partial charge >= 0.3 is 5.97 Å². The Morgan fingerprint density at radius 2 is 2.12 bits per heavy atom. The zero-order valence-electron chi connectivity index (χ0n) is 14.2. The Balaban J connectivity index is 2.04. The molecule has 7 nitrogen and oxygen atoms in total. The van der Waals surface area contributed by atoms with Crippen molar-refractivity contribution in [2.75, 3.05) is 17.7 Å². The monoisotopic (exact) mass is 342 g/mol. The second kappa shape index (κ2) is 7.38. The Morgan fingerprint density at radius 1 is 1.36 bits per heavy atom. The highest BCUT2D eigenvalue weighted by atomic mass is 16.5. The number of esters is 1. The summed E-state index contributed by atoms with van der Waals surface area (Å²) in [6, 6.07) is 6.84. The predicted molar refractivity (Wildman–Crippen MR) is 95.4 cm³/mol. The molecule has 0 bridgehead atoms. The van der Waals surface area contributed by atoms with E-state index in [0.29, 0.717) is 17.2 Å². The maximum absolute atomic E-state index is 12.2. The first-order chi connectivity index (χ1) is 12.1. The highest BCUT2D eigenvalue weighted by molar-refractivity contribution is 5.96. The van der Waals surface area contributed by atoms with Crippen LogP contribution in [0.4, 0.5) is 11.5 Å². The van der Waals surface area contributed by atoms with Gasteiger partial charge in [-0.05, 0) is 31.9 Å². The average Bonchev–Trinajstić information content (AvgIpc) is 3.10. The highest BCUT2D eigenvalue weighted by Gasteiger charge is 2.23. The molecular weight excluding hydrogens is 320 g/mol. The molecule has 25 heavy (non-hydrogen) atoms. The van der Waals surface area contributed by atoms with Gasteiger partial charge in [-0.15, -0.1) is 0 Å². The van der Waals surface area contributed by atoms with Gasteiger partial charge in [0.1, 0.15) is 11.4 Å². The third kappa shape index (κ3) is 3.81. The lowest BCUT2D eigenvalue weighted by atomic mass is 10.2. The number of anilines is 2. The summed E-state index contributed by atoms with van der Waals surface area (Å²) < 4.78 is 5.06. The zero-order chi connectivity index (χ0) is 17.8. The van der Waals surface area contributed by atoms with Crippen LogP contribution < -0.4 is 11.1 Å². The van der Waals surface area contributed by atoms with E-state index in [1.807, 2.05) is 0 Å². The number of aromatic hydroxyl groups is 1. The van der Waals surface area contributed by atoms with Crippen molar-refractivity contribution in [2.45, 2.75) is 38.6 Å². The first-order valence-electron chi connectivity index (χ1n) is 8.49. The second-order valence-corrected chi connectivity index (χ2v) is 6.05. The largest absolute Gasteiger partial charge is 0.508 e. The number of hydrogen-bond acceptors (Lipinski definition) is 7. The standard InChI is InChI=1S/C18H22N4O3/c1-2-25-18(24)15-14(19)17(20-12-7-3-4-8-12)22-16(21-15)11-6-5-9-13(23)10-11/h5-6,9-10,12,23H,2-4,7-8,19H2,1H3,(H,20,21,22). The normalized spacial score (nSPS) is 14.4. The summed E-state index contributed by atoms with van der Waals surface area (Å²) in [6.07, 6.45) is 4.40. The molecule has 1 aliphatic rings. The fraction of sp³-hybridized carbons (Fsp3) is 0.389. The van der Waals surface area contributed by atoms with Crippen molar-refractivity contribution in [1.29, 1.82) is 0 Å². The van der Waals surface area contributed by atoms with Crippen LogP contribution in [-0.2, 0) is 4.74 Å². The molecule has 2 aromatic rings. The molecule has 1 aromatic heterocycles. The maximum Gasteiger partial charge on any atom is 0.359 e. The number of aromatic nitrogens is 2. The molecule has 1 aliphatic carbocycles. The number of phenols is 1. The molecule has 1 saturated carbocycles. The van der Waals surface area contributed by atoms with E-state index in [-0.39, 0.29) is 29.8 Å². The number of benzene rings is 1. The van der Waals surface area contributed by atoms with Gasteiger partial charge in [-0.3, -0.25) is 0 Å². The maximum atomic E-state index is 12.2. The van der Waals surface area contributed by atoms with Crippen LogP contribution in [0.25, 0.3) is 11.4 Å². The van der Waals surface area contributed by atoms with Crippen LogP contribution in [0.2, 0.25) is 0 Å². The Kier molecular flexibility index (Phi) is 5.02. The fourth-order valence-corrected chi connectivity index (χ4v) is 2.97. The van der Waals surface area contributed by atoms with E-state index in [2.05, 4.69) is 15.3 Å². The van der Waals surface area contributed by atoms with Crippen LogP contribution in [0.5, 0.6) is 5.75 Å². The van der Waals surface area contributed by atoms with Gasteiger partial charge in [-0.2, -0.15) is 0 Å². The number of hydrogen-bond donors (Lipinski definition) is 3. The minimum absolute atomic E-state index is 0.0377. The van der Waals surface area contributed by atoms with Crippen LogP contribution in [0.15, 0.2) is 24.3 Å². The minimum Gasteiger partial charge on any atom is -0.508 e. The van der Waals surface area contributed by atoms with Crippen LogP contribution in [0.3, 0.4) is 0 Å². The molecule has 0 saturated heterocycles. The number of nitrogens with one attached hydrogen (secondary N) is 1.